The molecule has 0 saturated carbocycles. The van der Waals surface area contributed by atoms with Crippen LogP contribution in [0.3, 0.4) is 0 Å². The molecule has 4 nitrogen and oxygen atoms in total. The van der Waals surface area contributed by atoms with Crippen molar-refractivity contribution in [3.05, 3.63) is 40.6 Å². The molecule has 0 bridgehead atoms. The Kier molecular flexibility index (Phi) is 3.78. The minimum absolute atomic E-state index is 0.128. The minimum atomic E-state index is -0.886. The zero-order valence-corrected chi connectivity index (χ0v) is 11.5. The third-order valence-electron chi connectivity index (χ3n) is 2.84. The molecule has 0 aliphatic rings. The quantitative estimate of drug-likeness (QED) is 0.925. The van der Waals surface area contributed by atoms with E-state index in [-0.39, 0.29) is 6.04 Å². The molecule has 5 heteroatoms. The highest BCUT2D eigenvalue weighted by Gasteiger charge is 2.23. The fourth-order valence-electron chi connectivity index (χ4n) is 1.88. The third kappa shape index (κ3) is 2.31. The van der Waals surface area contributed by atoms with Crippen molar-refractivity contribution in [1.29, 1.82) is 0 Å². The van der Waals surface area contributed by atoms with Crippen molar-refractivity contribution in [3.63, 3.8) is 0 Å². The van der Waals surface area contributed by atoms with Gasteiger partial charge in [-0.2, -0.15) is 5.10 Å². The number of aryl methyl sites for hydroxylation is 1. The van der Waals surface area contributed by atoms with Crippen LogP contribution in [0.1, 0.15) is 50.1 Å². The zero-order chi connectivity index (χ0) is 13.3. The molecule has 18 heavy (non-hydrogen) atoms. The Bertz CT molecular complexity index is 531. The van der Waals surface area contributed by atoms with Crippen molar-refractivity contribution >= 4 is 11.6 Å². The monoisotopic (exact) mass is 268 g/mol. The maximum absolute atomic E-state index is 10.4. The number of aliphatic hydroxyl groups excluding tert-OH is 1. The largest absolute Gasteiger partial charge is 0.463 e. The number of hydrogen-bond donors (Lipinski definition) is 1. The van der Waals surface area contributed by atoms with Gasteiger partial charge in [-0.25, -0.2) is 0 Å². The lowest BCUT2D eigenvalue weighted by molar-refractivity contribution is 0.174. The predicted molar refractivity (Wildman–Crippen MR) is 69.8 cm³/mol. The van der Waals surface area contributed by atoms with Gasteiger partial charge in [-0.05, 0) is 26.0 Å². The second-order valence-corrected chi connectivity index (χ2v) is 4.88. The van der Waals surface area contributed by atoms with Crippen LogP contribution in [0.25, 0.3) is 0 Å². The highest BCUT2D eigenvalue weighted by molar-refractivity contribution is 6.31. The highest BCUT2D eigenvalue weighted by atomic mass is 35.5. The third-order valence-corrected chi connectivity index (χ3v) is 3.13. The number of halogens is 1. The Hall–Kier alpha value is -1.26. The molecule has 1 N–H and O–H groups in total. The standard InChI is InChI=1S/C13H17ClN2O2/c1-4-9-5-6-11(18-9)13(17)12-10(14)7-15-16(12)8(2)3/h5-8,13,17H,4H2,1-3H3. The lowest BCUT2D eigenvalue weighted by Gasteiger charge is -2.15. The van der Waals surface area contributed by atoms with Crippen LogP contribution in [0.2, 0.25) is 5.02 Å². The molecular weight excluding hydrogens is 252 g/mol. The molecule has 0 aliphatic carbocycles. The molecule has 0 radical (unpaired) electrons. The normalized spacial score (nSPS) is 13.2. The summed E-state index contributed by atoms with van der Waals surface area (Å²) >= 11 is 6.09. The Balaban J connectivity index is 2.38. The molecule has 98 valence electrons. The topological polar surface area (TPSA) is 51.2 Å². The van der Waals surface area contributed by atoms with Crippen molar-refractivity contribution in [1.82, 2.24) is 9.78 Å². The number of rotatable bonds is 4. The van der Waals surface area contributed by atoms with Gasteiger partial charge in [-0.1, -0.05) is 18.5 Å². The van der Waals surface area contributed by atoms with Crippen LogP contribution >= 0.6 is 11.6 Å². The number of hydrogen-bond acceptors (Lipinski definition) is 3. The second-order valence-electron chi connectivity index (χ2n) is 4.48. The first-order valence-corrected chi connectivity index (χ1v) is 6.42. The fourth-order valence-corrected chi connectivity index (χ4v) is 2.12. The van der Waals surface area contributed by atoms with Gasteiger partial charge in [0.05, 0.1) is 16.9 Å². The van der Waals surface area contributed by atoms with Crippen LogP contribution < -0.4 is 0 Å². The summed E-state index contributed by atoms with van der Waals surface area (Å²) in [6.45, 7) is 5.97. The summed E-state index contributed by atoms with van der Waals surface area (Å²) in [6, 6.07) is 3.77. The SMILES string of the molecule is CCc1ccc(C(O)c2c(Cl)cnn2C(C)C)o1. The van der Waals surface area contributed by atoms with Crippen molar-refractivity contribution in [3.8, 4) is 0 Å². The van der Waals surface area contributed by atoms with E-state index in [1.54, 1.807) is 16.9 Å². The van der Waals surface area contributed by atoms with E-state index in [2.05, 4.69) is 5.10 Å². The number of aliphatic hydroxyl groups is 1. The molecule has 1 atom stereocenters. The summed E-state index contributed by atoms with van der Waals surface area (Å²) in [5.74, 6) is 1.34. The first kappa shape index (κ1) is 13.2. The molecule has 1 unspecified atom stereocenters. The second kappa shape index (κ2) is 5.16. The molecule has 2 aromatic rings. The van der Waals surface area contributed by atoms with Gasteiger partial charge < -0.3 is 9.52 Å². The fraction of sp³-hybridized carbons (Fsp3) is 0.462. The Morgan fingerprint density at radius 1 is 1.44 bits per heavy atom. The summed E-state index contributed by atoms with van der Waals surface area (Å²) in [4.78, 5) is 0. The number of aromatic nitrogens is 2. The van der Waals surface area contributed by atoms with Crippen LogP contribution in [-0.4, -0.2) is 14.9 Å². The van der Waals surface area contributed by atoms with Crippen LogP contribution in [0.4, 0.5) is 0 Å². The van der Waals surface area contributed by atoms with E-state index in [0.717, 1.165) is 12.2 Å². The summed E-state index contributed by atoms with van der Waals surface area (Å²) in [5.41, 5.74) is 0.573. The van der Waals surface area contributed by atoms with Crippen LogP contribution in [-0.2, 0) is 6.42 Å². The van der Waals surface area contributed by atoms with E-state index in [4.69, 9.17) is 16.0 Å². The lowest BCUT2D eigenvalue weighted by Crippen LogP contribution is -2.12. The molecule has 0 amide bonds. The Labute approximate surface area is 111 Å². The summed E-state index contributed by atoms with van der Waals surface area (Å²) in [5, 5.41) is 15.0. The van der Waals surface area contributed by atoms with E-state index in [9.17, 15) is 5.11 Å². The van der Waals surface area contributed by atoms with E-state index in [1.807, 2.05) is 26.8 Å². The molecule has 2 heterocycles. The van der Waals surface area contributed by atoms with Crippen molar-refractivity contribution in [2.75, 3.05) is 0 Å². The van der Waals surface area contributed by atoms with Gasteiger partial charge in [0.15, 0.2) is 6.10 Å². The number of nitrogens with zero attached hydrogens (tertiary/aromatic N) is 2. The lowest BCUT2D eigenvalue weighted by atomic mass is 10.2. The smallest absolute Gasteiger partial charge is 0.155 e. The van der Waals surface area contributed by atoms with Gasteiger partial charge >= 0.3 is 0 Å². The van der Waals surface area contributed by atoms with Crippen LogP contribution in [0.15, 0.2) is 22.7 Å². The molecule has 0 spiro atoms. The summed E-state index contributed by atoms with van der Waals surface area (Å²) in [6.07, 6.45) is 1.45. The van der Waals surface area contributed by atoms with Crippen molar-refractivity contribution in [2.45, 2.75) is 39.3 Å². The number of furan rings is 1. The first-order valence-electron chi connectivity index (χ1n) is 6.04. The van der Waals surface area contributed by atoms with Crippen molar-refractivity contribution in [2.24, 2.45) is 0 Å². The molecule has 0 saturated heterocycles. The van der Waals surface area contributed by atoms with Gasteiger partial charge in [0.1, 0.15) is 11.5 Å². The van der Waals surface area contributed by atoms with E-state index in [0.29, 0.717) is 16.5 Å². The predicted octanol–water partition coefficient (Wildman–Crippen LogP) is 3.35. The average molecular weight is 269 g/mol. The highest BCUT2D eigenvalue weighted by Crippen LogP contribution is 2.31. The zero-order valence-electron chi connectivity index (χ0n) is 10.7. The Morgan fingerprint density at radius 2 is 2.17 bits per heavy atom. The summed E-state index contributed by atoms with van der Waals surface area (Å²) in [7, 11) is 0. The maximum atomic E-state index is 10.4. The average Bonchev–Trinajstić information content (AvgIpc) is 2.94. The van der Waals surface area contributed by atoms with Crippen LogP contribution in [0.5, 0.6) is 0 Å². The molecule has 0 fully saturated rings. The van der Waals surface area contributed by atoms with Gasteiger partial charge in [0.25, 0.3) is 0 Å². The van der Waals surface area contributed by atoms with Gasteiger partial charge in [-0.15, -0.1) is 0 Å². The van der Waals surface area contributed by atoms with Gasteiger partial charge in [0, 0.05) is 12.5 Å². The minimum Gasteiger partial charge on any atom is -0.463 e. The van der Waals surface area contributed by atoms with Crippen molar-refractivity contribution < 1.29 is 9.52 Å². The Morgan fingerprint density at radius 3 is 2.72 bits per heavy atom. The van der Waals surface area contributed by atoms with Gasteiger partial charge in [0.2, 0.25) is 0 Å². The van der Waals surface area contributed by atoms with Crippen LogP contribution in [0, 0.1) is 0 Å². The molecule has 0 aromatic carbocycles. The molecule has 2 aromatic heterocycles. The first-order chi connectivity index (χ1) is 8.54. The summed E-state index contributed by atoms with van der Waals surface area (Å²) < 4.78 is 7.27. The molecule has 0 aliphatic heterocycles. The van der Waals surface area contributed by atoms with E-state index in [1.165, 1.54) is 0 Å². The van der Waals surface area contributed by atoms with E-state index >= 15 is 0 Å². The van der Waals surface area contributed by atoms with E-state index < -0.39 is 6.10 Å². The van der Waals surface area contributed by atoms with Gasteiger partial charge in [-0.3, -0.25) is 4.68 Å². The maximum Gasteiger partial charge on any atom is 0.155 e. The molecule has 2 rings (SSSR count). The molecular formula is C13H17ClN2O2.